The van der Waals surface area contributed by atoms with Gasteiger partial charge in [-0.05, 0) is 30.0 Å². The smallest absolute Gasteiger partial charge is 0.327 e. The van der Waals surface area contributed by atoms with Crippen LogP contribution in [0.5, 0.6) is 0 Å². The van der Waals surface area contributed by atoms with Crippen LogP contribution in [0, 0.1) is 5.41 Å². The Morgan fingerprint density at radius 3 is 2.38 bits per heavy atom. The first-order chi connectivity index (χ1) is 24.1. The van der Waals surface area contributed by atoms with Crippen LogP contribution in [0.1, 0.15) is 89.2 Å². The minimum atomic E-state index is -1.37. The molecular weight excluding hydrogens is 644 g/mol. The van der Waals surface area contributed by atoms with Crippen LogP contribution in [0.25, 0.3) is 6.08 Å². The molecule has 3 N–H and O–H groups in total. The van der Waals surface area contributed by atoms with E-state index < -0.39 is 53.5 Å². The van der Waals surface area contributed by atoms with Gasteiger partial charge in [0, 0.05) is 58.9 Å². The van der Waals surface area contributed by atoms with Crippen molar-refractivity contribution in [2.75, 3.05) is 33.8 Å². The number of rotatable bonds is 18. The van der Waals surface area contributed by atoms with Crippen molar-refractivity contribution in [3.63, 3.8) is 0 Å². The summed E-state index contributed by atoms with van der Waals surface area (Å²) in [6.07, 6.45) is 7.88. The summed E-state index contributed by atoms with van der Waals surface area (Å²) in [7, 11) is 3.35. The maximum Gasteiger partial charge on any atom is 0.327 e. The SMILES string of the molecule is CCCCCC1(CCCCC)O[C@@H]2[C@H](O1)[C@H]1ON(Cc3ccccc3C=CC(=O)N(C)C)[C@@H]3C(=O)O[C@@H]2C[C@]13C(=O)NCCC(=O)NCCO. The van der Waals surface area contributed by atoms with Gasteiger partial charge >= 0.3 is 5.97 Å². The average Bonchev–Trinajstić information content (AvgIpc) is 3.65. The second-order valence-corrected chi connectivity index (χ2v) is 14.1. The number of hydrogen-bond acceptors (Lipinski definition) is 10. The Bertz CT molecular complexity index is 1390. The molecule has 6 atom stereocenters. The van der Waals surface area contributed by atoms with Crippen LogP contribution >= 0.6 is 0 Å². The zero-order valence-electron chi connectivity index (χ0n) is 29.9. The number of ether oxygens (including phenoxy) is 3. The summed E-state index contributed by atoms with van der Waals surface area (Å²) in [5.41, 5.74) is 0.175. The van der Waals surface area contributed by atoms with Gasteiger partial charge in [0.05, 0.1) is 13.2 Å². The molecule has 3 aliphatic heterocycles. The molecule has 50 heavy (non-hydrogen) atoms. The average molecular weight is 699 g/mol. The van der Waals surface area contributed by atoms with Crippen LogP contribution in [0.15, 0.2) is 30.3 Å². The Labute approximate surface area is 294 Å². The van der Waals surface area contributed by atoms with Crippen molar-refractivity contribution in [1.82, 2.24) is 20.6 Å². The molecule has 3 heterocycles. The number of esters is 1. The van der Waals surface area contributed by atoms with E-state index in [1.807, 2.05) is 24.3 Å². The number of aliphatic hydroxyl groups is 1. The zero-order chi connectivity index (χ0) is 35.9. The summed E-state index contributed by atoms with van der Waals surface area (Å²) in [4.78, 5) is 61.3. The van der Waals surface area contributed by atoms with Crippen LogP contribution in [-0.2, 0) is 44.8 Å². The third kappa shape index (κ3) is 7.91. The molecule has 1 saturated carbocycles. The highest BCUT2D eigenvalue weighted by atomic mass is 16.8. The summed E-state index contributed by atoms with van der Waals surface area (Å²) >= 11 is 0. The molecule has 4 aliphatic rings. The number of fused-ring (bicyclic) bond motifs is 4. The fraction of sp³-hybridized carbons (Fsp3) is 0.676. The van der Waals surface area contributed by atoms with Crippen molar-refractivity contribution in [2.45, 2.75) is 121 Å². The van der Waals surface area contributed by atoms with Crippen molar-refractivity contribution in [1.29, 1.82) is 0 Å². The van der Waals surface area contributed by atoms with Gasteiger partial charge in [-0.25, -0.2) is 0 Å². The maximum absolute atomic E-state index is 14.5. The lowest BCUT2D eigenvalue weighted by Gasteiger charge is -2.48. The molecule has 5 rings (SSSR count). The summed E-state index contributed by atoms with van der Waals surface area (Å²) < 4.78 is 19.9. The molecule has 0 spiro atoms. The highest BCUT2D eigenvalue weighted by molar-refractivity contribution is 5.94. The maximum atomic E-state index is 14.5. The Hall–Kier alpha value is -3.36. The molecule has 4 fully saturated rings. The molecule has 1 aromatic carbocycles. The van der Waals surface area contributed by atoms with Crippen molar-refractivity contribution in [2.24, 2.45) is 5.41 Å². The lowest BCUT2D eigenvalue weighted by Crippen LogP contribution is -2.69. The number of unbranched alkanes of at least 4 members (excludes halogenated alkanes) is 4. The number of likely N-dealkylation sites (N-methyl/N-ethyl adjacent to an activating group) is 1. The Morgan fingerprint density at radius 2 is 1.70 bits per heavy atom. The first-order valence-electron chi connectivity index (χ1n) is 18.2. The van der Waals surface area contributed by atoms with Crippen molar-refractivity contribution < 1.29 is 43.3 Å². The van der Waals surface area contributed by atoms with Gasteiger partial charge in [-0.15, -0.1) is 0 Å². The van der Waals surface area contributed by atoms with Crippen molar-refractivity contribution >= 4 is 29.8 Å². The van der Waals surface area contributed by atoms with E-state index in [1.165, 1.54) is 16.0 Å². The molecule has 13 nitrogen and oxygen atoms in total. The largest absolute Gasteiger partial charge is 0.458 e. The van der Waals surface area contributed by atoms with Gasteiger partial charge in [0.25, 0.3) is 0 Å². The number of carbonyl (C=O) groups excluding carboxylic acids is 4. The number of hydroxylamine groups is 2. The number of aliphatic hydroxyl groups excluding tert-OH is 1. The summed E-state index contributed by atoms with van der Waals surface area (Å²) in [5, 5.41) is 16.1. The van der Waals surface area contributed by atoms with Gasteiger partial charge in [0.15, 0.2) is 11.8 Å². The van der Waals surface area contributed by atoms with Crippen LogP contribution in [0.2, 0.25) is 0 Å². The van der Waals surface area contributed by atoms with Crippen molar-refractivity contribution in [3.05, 3.63) is 41.5 Å². The Balaban J connectivity index is 1.48. The highest BCUT2D eigenvalue weighted by Crippen LogP contribution is 2.58. The van der Waals surface area contributed by atoms with Gasteiger partial charge in [0.1, 0.15) is 29.8 Å². The number of nitrogens with zero attached hydrogens (tertiary/aromatic N) is 2. The zero-order valence-corrected chi connectivity index (χ0v) is 29.9. The Kier molecular flexibility index (Phi) is 12.7. The second-order valence-electron chi connectivity index (χ2n) is 14.1. The van der Waals surface area contributed by atoms with Crippen LogP contribution in [0.4, 0.5) is 0 Å². The van der Waals surface area contributed by atoms with Gasteiger partial charge in [-0.3, -0.25) is 24.0 Å². The minimum Gasteiger partial charge on any atom is -0.458 e. The summed E-state index contributed by atoms with van der Waals surface area (Å²) in [6.45, 7) is 4.40. The lowest BCUT2D eigenvalue weighted by molar-refractivity contribution is -0.224. The van der Waals surface area contributed by atoms with E-state index >= 15 is 0 Å². The number of nitrogens with one attached hydrogen (secondary N) is 2. The van der Waals surface area contributed by atoms with Crippen LogP contribution < -0.4 is 10.6 Å². The Morgan fingerprint density at radius 1 is 1.00 bits per heavy atom. The molecule has 0 radical (unpaired) electrons. The molecule has 0 aromatic heterocycles. The quantitative estimate of drug-likeness (QED) is 0.118. The van der Waals surface area contributed by atoms with Gasteiger partial charge in [-0.2, -0.15) is 5.06 Å². The highest BCUT2D eigenvalue weighted by Gasteiger charge is 2.76. The minimum absolute atomic E-state index is 0.00457. The normalized spacial score (nSPS) is 27.9. The second kappa shape index (κ2) is 16.8. The van der Waals surface area contributed by atoms with E-state index in [2.05, 4.69) is 24.5 Å². The first-order valence-corrected chi connectivity index (χ1v) is 18.2. The fourth-order valence-electron chi connectivity index (χ4n) is 7.75. The van der Waals surface area contributed by atoms with Gasteiger partial charge in [-0.1, -0.05) is 63.8 Å². The van der Waals surface area contributed by atoms with E-state index in [0.717, 1.165) is 49.7 Å². The topological polar surface area (TPSA) is 156 Å². The molecule has 13 heteroatoms. The van der Waals surface area contributed by atoms with Gasteiger partial charge in [0.2, 0.25) is 17.7 Å². The number of benzene rings is 1. The van der Waals surface area contributed by atoms with Gasteiger partial charge < -0.3 is 34.9 Å². The molecule has 2 bridgehead atoms. The molecule has 276 valence electrons. The standard InChI is InChI=1S/C37H54N4O9/c1-5-7-11-18-36(19-12-8-6-2)48-30-27-23-37(35(46)39-20-17-28(43)38-21-22-42)32(34(45)47-27)41(50-33(37)31(30)49-36)24-26-14-10-9-13-25(26)15-16-29(44)40(3)4/h9-10,13-16,27,30-33,42H,5-8,11-12,17-24H2,1-4H3,(H,38,43)(H,39,46)/t27-,30+,31+,32-,33-,37-/m1/s1. The predicted octanol–water partition coefficient (Wildman–Crippen LogP) is 2.84. The first kappa shape index (κ1) is 37.9. The molecule has 1 aromatic rings. The lowest BCUT2D eigenvalue weighted by atomic mass is 9.62. The number of amides is 3. The van der Waals surface area contributed by atoms with E-state index in [4.69, 9.17) is 24.2 Å². The fourth-order valence-corrected chi connectivity index (χ4v) is 7.75. The van der Waals surface area contributed by atoms with E-state index in [9.17, 15) is 19.2 Å². The molecule has 1 aliphatic carbocycles. The molecule has 0 unspecified atom stereocenters. The van der Waals surface area contributed by atoms with E-state index in [0.29, 0.717) is 12.8 Å². The monoisotopic (exact) mass is 698 g/mol. The summed E-state index contributed by atoms with van der Waals surface area (Å²) in [6, 6.07) is 6.41. The van der Waals surface area contributed by atoms with E-state index in [-0.39, 0.29) is 50.9 Å². The molecule has 3 saturated heterocycles. The molecular formula is C37H54N4O9. The summed E-state index contributed by atoms with van der Waals surface area (Å²) in [5.74, 6) is -2.35. The van der Waals surface area contributed by atoms with Crippen molar-refractivity contribution in [3.8, 4) is 0 Å². The van der Waals surface area contributed by atoms with Crippen LogP contribution in [0.3, 0.4) is 0 Å². The molecule has 3 amide bonds. The van der Waals surface area contributed by atoms with E-state index in [1.54, 1.807) is 20.2 Å². The van der Waals surface area contributed by atoms with Crippen LogP contribution in [-0.4, -0.2) is 109 Å². The predicted molar refractivity (Wildman–Crippen MR) is 184 cm³/mol. The number of carbonyl (C=O) groups is 4. The number of hydrogen-bond donors (Lipinski definition) is 3. The third-order valence-corrected chi connectivity index (χ3v) is 10.3. The third-order valence-electron chi connectivity index (χ3n) is 10.3.